The Morgan fingerprint density at radius 3 is 2.93 bits per heavy atom. The van der Waals surface area contributed by atoms with E-state index < -0.39 is 52.2 Å². The van der Waals surface area contributed by atoms with Gasteiger partial charge in [-0.15, -0.1) is 0 Å². The van der Waals surface area contributed by atoms with E-state index in [1.807, 2.05) is 0 Å². The van der Waals surface area contributed by atoms with Crippen LogP contribution < -0.4 is 10.6 Å². The van der Waals surface area contributed by atoms with Gasteiger partial charge in [-0.1, -0.05) is 0 Å². The molecule has 5 atom stereocenters. The molecule has 0 amide bonds. The third-order valence-electron chi connectivity index (χ3n) is 3.96. The Morgan fingerprint density at radius 1 is 1.44 bits per heavy atom. The standard InChI is InChI=1S/C13H20N5O8P/c14-12-11-13(16-5-15-12)18(6-17-11)10-1-8(9(3-20)25-10)26-27(22,23)24-4-7(21)2-19/h5-10,19-21H,1-4H2,(H,22,23)(H2,14,15,16)/p-1/t7-,8+,9-,10-/m1/s1. The minimum absolute atomic E-state index is 0.0543. The number of hydrogen-bond donors (Lipinski definition) is 4. The molecule has 0 radical (unpaired) electrons. The number of rotatable bonds is 8. The molecule has 0 bridgehead atoms. The largest absolute Gasteiger partial charge is 0.756 e. The van der Waals surface area contributed by atoms with E-state index in [4.69, 9.17) is 20.1 Å². The maximum Gasteiger partial charge on any atom is 0.268 e. The molecule has 1 aliphatic rings. The van der Waals surface area contributed by atoms with Crippen LogP contribution in [0.5, 0.6) is 0 Å². The van der Waals surface area contributed by atoms with Crippen LogP contribution in [0.4, 0.5) is 5.82 Å². The Labute approximate surface area is 153 Å². The number of phosphoric acid groups is 1. The zero-order valence-electron chi connectivity index (χ0n) is 14.0. The van der Waals surface area contributed by atoms with Crippen LogP contribution in [0.25, 0.3) is 11.2 Å². The SMILES string of the molecule is Nc1ncnc2c1ncn2[C@H]1C[C@H](OP(=O)([O-])OC[C@H](O)CO)[C@@H](CO)O1. The van der Waals surface area contributed by atoms with Crippen molar-refractivity contribution in [3.05, 3.63) is 12.7 Å². The maximum absolute atomic E-state index is 11.9. The van der Waals surface area contributed by atoms with Crippen molar-refractivity contribution in [2.45, 2.75) is 31.0 Å². The molecule has 27 heavy (non-hydrogen) atoms. The number of fused-ring (bicyclic) bond motifs is 1. The highest BCUT2D eigenvalue weighted by Crippen LogP contribution is 2.45. The lowest BCUT2D eigenvalue weighted by Gasteiger charge is -2.28. The Morgan fingerprint density at radius 2 is 2.22 bits per heavy atom. The van der Waals surface area contributed by atoms with E-state index in [1.54, 1.807) is 0 Å². The summed E-state index contributed by atoms with van der Waals surface area (Å²) in [5, 5.41) is 27.4. The molecule has 13 nitrogen and oxygen atoms in total. The smallest absolute Gasteiger partial charge is 0.268 e. The average Bonchev–Trinajstić information content (AvgIpc) is 3.23. The van der Waals surface area contributed by atoms with Crippen LogP contribution in [-0.2, 0) is 18.3 Å². The van der Waals surface area contributed by atoms with Crippen molar-refractivity contribution in [2.75, 3.05) is 25.6 Å². The van der Waals surface area contributed by atoms with Gasteiger partial charge in [0.2, 0.25) is 0 Å². The van der Waals surface area contributed by atoms with Crippen LogP contribution >= 0.6 is 7.82 Å². The fourth-order valence-corrected chi connectivity index (χ4v) is 3.62. The van der Waals surface area contributed by atoms with Gasteiger partial charge in [0.1, 0.15) is 30.3 Å². The molecule has 1 aliphatic heterocycles. The second-order valence-corrected chi connectivity index (χ2v) is 7.22. The van der Waals surface area contributed by atoms with Gasteiger partial charge in [-0.3, -0.25) is 9.13 Å². The first-order chi connectivity index (χ1) is 12.8. The summed E-state index contributed by atoms with van der Waals surface area (Å²) >= 11 is 0. The lowest BCUT2D eigenvalue weighted by molar-refractivity contribution is -0.233. The first-order valence-corrected chi connectivity index (χ1v) is 9.43. The highest BCUT2D eigenvalue weighted by Gasteiger charge is 2.39. The van der Waals surface area contributed by atoms with Crippen LogP contribution in [0.15, 0.2) is 12.7 Å². The number of phosphoric ester groups is 1. The number of anilines is 1. The van der Waals surface area contributed by atoms with Crippen molar-refractivity contribution in [1.82, 2.24) is 19.5 Å². The highest BCUT2D eigenvalue weighted by molar-refractivity contribution is 7.45. The van der Waals surface area contributed by atoms with Crippen LogP contribution in [-0.4, -0.2) is 73.0 Å². The molecular weight excluding hydrogens is 385 g/mol. The number of ether oxygens (including phenoxy) is 1. The van der Waals surface area contributed by atoms with Crippen LogP contribution in [0.3, 0.4) is 0 Å². The summed E-state index contributed by atoms with van der Waals surface area (Å²) in [5.41, 5.74) is 6.49. The topological polar surface area (TPSA) is 198 Å². The Balaban J connectivity index is 1.73. The lowest BCUT2D eigenvalue weighted by Crippen LogP contribution is -2.30. The second-order valence-electron chi connectivity index (χ2n) is 5.85. The number of imidazole rings is 1. The molecule has 2 aromatic heterocycles. The van der Waals surface area contributed by atoms with Crippen LogP contribution in [0.1, 0.15) is 12.6 Å². The minimum atomic E-state index is -4.80. The highest BCUT2D eigenvalue weighted by atomic mass is 31.2. The van der Waals surface area contributed by atoms with E-state index in [0.717, 1.165) is 0 Å². The Hall–Kier alpha value is -1.70. The minimum Gasteiger partial charge on any atom is -0.756 e. The van der Waals surface area contributed by atoms with Crippen molar-refractivity contribution in [3.8, 4) is 0 Å². The van der Waals surface area contributed by atoms with Gasteiger partial charge in [-0.2, -0.15) is 0 Å². The van der Waals surface area contributed by atoms with Gasteiger partial charge >= 0.3 is 0 Å². The molecule has 0 aliphatic carbocycles. The van der Waals surface area contributed by atoms with Gasteiger partial charge < -0.3 is 39.7 Å². The van der Waals surface area contributed by atoms with E-state index in [-0.39, 0.29) is 12.2 Å². The summed E-state index contributed by atoms with van der Waals surface area (Å²) in [6, 6.07) is 0. The third-order valence-corrected chi connectivity index (χ3v) is 4.95. The summed E-state index contributed by atoms with van der Waals surface area (Å²) < 4.78 is 28.6. The zero-order valence-corrected chi connectivity index (χ0v) is 14.9. The van der Waals surface area contributed by atoms with E-state index in [1.165, 1.54) is 17.2 Å². The lowest BCUT2D eigenvalue weighted by atomic mass is 10.2. The van der Waals surface area contributed by atoms with Gasteiger partial charge in [0.05, 0.1) is 32.3 Å². The van der Waals surface area contributed by atoms with Gasteiger partial charge in [0.25, 0.3) is 7.82 Å². The first-order valence-electron chi connectivity index (χ1n) is 7.97. The first kappa shape index (κ1) is 20.0. The molecule has 3 heterocycles. The molecule has 0 aromatic carbocycles. The van der Waals surface area contributed by atoms with Crippen molar-refractivity contribution >= 4 is 24.8 Å². The summed E-state index contributed by atoms with van der Waals surface area (Å²) in [7, 11) is -4.80. The van der Waals surface area contributed by atoms with Gasteiger partial charge in [0.15, 0.2) is 11.5 Å². The number of aromatic nitrogens is 4. The number of hydrogen-bond acceptors (Lipinski definition) is 12. The Kier molecular flexibility index (Phi) is 6.03. The molecule has 14 heteroatoms. The van der Waals surface area contributed by atoms with Crippen molar-refractivity contribution < 1.29 is 38.6 Å². The van der Waals surface area contributed by atoms with Gasteiger partial charge in [-0.25, -0.2) is 15.0 Å². The molecule has 1 unspecified atom stereocenters. The number of nitrogens with zero attached hydrogens (tertiary/aromatic N) is 4. The van der Waals surface area contributed by atoms with Crippen LogP contribution in [0, 0.1) is 0 Å². The number of aliphatic hydroxyl groups is 3. The average molecular weight is 404 g/mol. The molecule has 2 aromatic rings. The molecule has 1 saturated heterocycles. The molecule has 0 saturated carbocycles. The molecule has 150 valence electrons. The van der Waals surface area contributed by atoms with E-state index >= 15 is 0 Å². The molecule has 1 fully saturated rings. The quantitative estimate of drug-likeness (QED) is 0.350. The maximum atomic E-state index is 11.9. The molecule has 0 spiro atoms. The molecule has 3 rings (SSSR count). The van der Waals surface area contributed by atoms with E-state index in [2.05, 4.69) is 19.5 Å². The monoisotopic (exact) mass is 404 g/mol. The summed E-state index contributed by atoms with van der Waals surface area (Å²) in [5.74, 6) is 0.183. The molecular formula is C13H19N5O8P-. The predicted molar refractivity (Wildman–Crippen MR) is 86.9 cm³/mol. The predicted octanol–water partition coefficient (Wildman–Crippen LogP) is -2.09. The summed E-state index contributed by atoms with van der Waals surface area (Å²) in [6.07, 6.45) is -1.32. The fraction of sp³-hybridized carbons (Fsp3) is 0.615. The zero-order chi connectivity index (χ0) is 19.6. The van der Waals surface area contributed by atoms with Crippen LogP contribution in [0.2, 0.25) is 0 Å². The number of aliphatic hydroxyl groups excluding tert-OH is 3. The van der Waals surface area contributed by atoms with Crippen molar-refractivity contribution in [1.29, 1.82) is 0 Å². The second kappa shape index (κ2) is 8.12. The summed E-state index contributed by atoms with van der Waals surface area (Å²) in [6.45, 7) is -1.81. The normalized spacial score (nSPS) is 26.3. The van der Waals surface area contributed by atoms with Crippen molar-refractivity contribution in [2.24, 2.45) is 0 Å². The fourth-order valence-electron chi connectivity index (χ4n) is 2.65. The Bertz CT molecular complexity index is 834. The number of nitrogen functional groups attached to an aromatic ring is 1. The van der Waals surface area contributed by atoms with E-state index in [9.17, 15) is 19.7 Å². The third kappa shape index (κ3) is 4.42. The van der Waals surface area contributed by atoms with Crippen molar-refractivity contribution in [3.63, 3.8) is 0 Å². The molecule has 5 N–H and O–H groups in total. The summed E-state index contributed by atoms with van der Waals surface area (Å²) in [4.78, 5) is 23.9. The van der Waals surface area contributed by atoms with Gasteiger partial charge in [0, 0.05) is 6.42 Å². The van der Waals surface area contributed by atoms with E-state index in [0.29, 0.717) is 11.2 Å². The van der Waals surface area contributed by atoms with Gasteiger partial charge in [-0.05, 0) is 0 Å². The number of nitrogens with two attached hydrogens (primary N) is 1.